The lowest BCUT2D eigenvalue weighted by atomic mass is 10.1. The number of allylic oxidation sites excluding steroid dienone is 1. The molecule has 0 radical (unpaired) electrons. The zero-order chi connectivity index (χ0) is 20.1. The third-order valence-electron chi connectivity index (χ3n) is 5.02. The normalized spacial score (nSPS) is 15.2. The van der Waals surface area contributed by atoms with Gasteiger partial charge in [0.1, 0.15) is 5.82 Å². The molecule has 1 fully saturated rings. The van der Waals surface area contributed by atoms with Gasteiger partial charge in [0.15, 0.2) is 17.3 Å². The number of piperazine rings is 1. The van der Waals surface area contributed by atoms with E-state index in [2.05, 4.69) is 11.8 Å². The van der Waals surface area contributed by atoms with Crippen molar-refractivity contribution in [3.8, 4) is 11.5 Å². The van der Waals surface area contributed by atoms with E-state index in [1.165, 1.54) is 25.3 Å². The molecule has 0 aliphatic carbocycles. The topological polar surface area (TPSA) is 53.0 Å². The summed E-state index contributed by atoms with van der Waals surface area (Å²) in [6.45, 7) is 6.51. The number of halogens is 1. The number of hydrogen-bond acceptors (Lipinski definition) is 5. The highest BCUT2D eigenvalue weighted by Gasteiger charge is 2.19. The van der Waals surface area contributed by atoms with Crippen LogP contribution in [0.15, 0.2) is 42.5 Å². The van der Waals surface area contributed by atoms with Gasteiger partial charge < -0.3 is 19.6 Å². The Bertz CT molecular complexity index is 874. The molecule has 148 valence electrons. The first-order valence-electron chi connectivity index (χ1n) is 9.38. The van der Waals surface area contributed by atoms with Crippen LogP contribution in [0.3, 0.4) is 0 Å². The van der Waals surface area contributed by atoms with E-state index in [-0.39, 0.29) is 17.3 Å². The van der Waals surface area contributed by atoms with Gasteiger partial charge in [-0.15, -0.1) is 0 Å². The van der Waals surface area contributed by atoms with Crippen LogP contribution in [-0.4, -0.2) is 55.6 Å². The maximum absolute atomic E-state index is 14.6. The second-order valence-corrected chi connectivity index (χ2v) is 6.72. The Kier molecular flexibility index (Phi) is 6.31. The molecule has 0 amide bonds. The first kappa shape index (κ1) is 19.9. The van der Waals surface area contributed by atoms with Crippen molar-refractivity contribution < 1.29 is 19.0 Å². The van der Waals surface area contributed by atoms with Crippen molar-refractivity contribution in [3.05, 3.63) is 59.4 Å². The van der Waals surface area contributed by atoms with Crippen LogP contribution in [-0.2, 0) is 0 Å². The summed E-state index contributed by atoms with van der Waals surface area (Å²) >= 11 is 0. The fourth-order valence-corrected chi connectivity index (χ4v) is 3.29. The molecule has 0 bridgehead atoms. The minimum absolute atomic E-state index is 0.0309. The lowest BCUT2D eigenvalue weighted by Crippen LogP contribution is -2.46. The Labute approximate surface area is 164 Å². The SMILES string of the molecule is CCN1CCN(c2ccc(C(=O)/C=C/c3ccc(O)c(OC)c3)cc2F)CC1. The van der Waals surface area contributed by atoms with E-state index >= 15 is 0 Å². The number of phenolic OH excluding ortho intramolecular Hbond substituents is 1. The van der Waals surface area contributed by atoms with E-state index in [9.17, 15) is 14.3 Å². The quantitative estimate of drug-likeness (QED) is 0.609. The Hall–Kier alpha value is -2.86. The van der Waals surface area contributed by atoms with Crippen LogP contribution in [0.1, 0.15) is 22.8 Å². The zero-order valence-electron chi connectivity index (χ0n) is 16.2. The average Bonchev–Trinajstić information content (AvgIpc) is 2.73. The number of ether oxygens (including phenoxy) is 1. The fourth-order valence-electron chi connectivity index (χ4n) is 3.29. The number of aromatic hydroxyl groups is 1. The number of methoxy groups -OCH3 is 1. The highest BCUT2D eigenvalue weighted by atomic mass is 19.1. The van der Waals surface area contributed by atoms with E-state index in [1.807, 2.05) is 4.90 Å². The number of rotatable bonds is 6. The summed E-state index contributed by atoms with van der Waals surface area (Å²) in [5.41, 5.74) is 1.55. The molecule has 0 unspecified atom stereocenters. The van der Waals surface area contributed by atoms with Crippen LogP contribution in [0.25, 0.3) is 6.08 Å². The van der Waals surface area contributed by atoms with E-state index in [4.69, 9.17) is 4.74 Å². The molecule has 2 aromatic carbocycles. The molecule has 6 heteroatoms. The smallest absolute Gasteiger partial charge is 0.185 e. The van der Waals surface area contributed by atoms with Crippen molar-refractivity contribution in [2.45, 2.75) is 6.92 Å². The number of phenols is 1. The van der Waals surface area contributed by atoms with Crippen LogP contribution in [0.2, 0.25) is 0 Å². The van der Waals surface area contributed by atoms with Crippen LogP contribution < -0.4 is 9.64 Å². The minimum Gasteiger partial charge on any atom is -0.504 e. The van der Waals surface area contributed by atoms with Crippen molar-refractivity contribution in [2.24, 2.45) is 0 Å². The molecule has 1 aliphatic heterocycles. The number of hydrogen-bond donors (Lipinski definition) is 1. The van der Waals surface area contributed by atoms with E-state index in [1.54, 1.807) is 30.3 Å². The molecule has 3 rings (SSSR count). The number of anilines is 1. The van der Waals surface area contributed by atoms with E-state index < -0.39 is 0 Å². The highest BCUT2D eigenvalue weighted by molar-refractivity contribution is 6.07. The molecule has 28 heavy (non-hydrogen) atoms. The monoisotopic (exact) mass is 384 g/mol. The standard InChI is InChI=1S/C22H25FN2O3/c1-3-24-10-12-25(13-11-24)19-7-6-17(15-18(19)23)20(26)8-4-16-5-9-21(27)22(14-16)28-2/h4-9,14-15,27H,3,10-13H2,1-2H3/b8-4+. The second kappa shape index (κ2) is 8.89. The van der Waals surface area contributed by atoms with Crippen LogP contribution in [0, 0.1) is 5.82 Å². The number of ketones is 1. The van der Waals surface area contributed by atoms with Gasteiger partial charge in [-0.2, -0.15) is 0 Å². The fraction of sp³-hybridized carbons (Fsp3) is 0.318. The van der Waals surface area contributed by atoms with Crippen LogP contribution in [0.4, 0.5) is 10.1 Å². The van der Waals surface area contributed by atoms with Gasteiger partial charge >= 0.3 is 0 Å². The number of benzene rings is 2. The first-order valence-corrected chi connectivity index (χ1v) is 9.38. The number of nitrogens with zero attached hydrogens (tertiary/aromatic N) is 2. The molecular formula is C22H25FN2O3. The van der Waals surface area contributed by atoms with Gasteiger partial charge in [-0.05, 0) is 48.5 Å². The third kappa shape index (κ3) is 4.51. The molecule has 0 spiro atoms. The van der Waals surface area contributed by atoms with Crippen molar-refractivity contribution >= 4 is 17.5 Å². The number of carbonyl (C=O) groups excluding carboxylic acids is 1. The van der Waals surface area contributed by atoms with Gasteiger partial charge in [0.05, 0.1) is 12.8 Å². The Morgan fingerprint density at radius 3 is 2.57 bits per heavy atom. The summed E-state index contributed by atoms with van der Waals surface area (Å²) in [5, 5.41) is 9.62. The average molecular weight is 384 g/mol. The Morgan fingerprint density at radius 2 is 1.93 bits per heavy atom. The third-order valence-corrected chi connectivity index (χ3v) is 5.02. The lowest BCUT2D eigenvalue weighted by molar-refractivity contribution is 0.104. The summed E-state index contributed by atoms with van der Waals surface area (Å²) in [4.78, 5) is 16.8. The molecule has 1 N–H and O–H groups in total. The van der Waals surface area contributed by atoms with Crippen LogP contribution in [0.5, 0.6) is 11.5 Å². The van der Waals surface area contributed by atoms with Crippen molar-refractivity contribution in [2.75, 3.05) is 44.7 Å². The summed E-state index contributed by atoms with van der Waals surface area (Å²) in [6, 6.07) is 9.43. The van der Waals surface area contributed by atoms with Gasteiger partial charge in [0.25, 0.3) is 0 Å². The predicted molar refractivity (Wildman–Crippen MR) is 109 cm³/mol. The summed E-state index contributed by atoms with van der Waals surface area (Å²) in [7, 11) is 1.46. The van der Waals surface area contributed by atoms with E-state index in [0.717, 1.165) is 32.7 Å². The molecule has 0 atom stereocenters. The first-order chi connectivity index (χ1) is 13.5. The summed E-state index contributed by atoms with van der Waals surface area (Å²) in [6.07, 6.45) is 3.00. The lowest BCUT2D eigenvalue weighted by Gasteiger charge is -2.35. The zero-order valence-corrected chi connectivity index (χ0v) is 16.2. The number of likely N-dealkylation sites (N-methyl/N-ethyl adjacent to an activating group) is 1. The largest absolute Gasteiger partial charge is 0.504 e. The minimum atomic E-state index is -0.379. The molecule has 1 saturated heterocycles. The number of carbonyl (C=O) groups is 1. The molecule has 1 aliphatic rings. The highest BCUT2D eigenvalue weighted by Crippen LogP contribution is 2.27. The van der Waals surface area contributed by atoms with Gasteiger partial charge in [0, 0.05) is 31.7 Å². The Morgan fingerprint density at radius 1 is 1.18 bits per heavy atom. The van der Waals surface area contributed by atoms with Gasteiger partial charge in [-0.25, -0.2) is 4.39 Å². The molecular weight excluding hydrogens is 359 g/mol. The van der Waals surface area contributed by atoms with Gasteiger partial charge in [-0.1, -0.05) is 19.1 Å². The second-order valence-electron chi connectivity index (χ2n) is 6.72. The predicted octanol–water partition coefficient (Wildman–Crippen LogP) is 3.58. The Balaban J connectivity index is 1.70. The van der Waals surface area contributed by atoms with Gasteiger partial charge in [-0.3, -0.25) is 4.79 Å². The summed E-state index contributed by atoms with van der Waals surface area (Å²) < 4.78 is 19.7. The maximum Gasteiger partial charge on any atom is 0.185 e. The van der Waals surface area contributed by atoms with Gasteiger partial charge in [0.2, 0.25) is 0 Å². The molecule has 0 saturated carbocycles. The van der Waals surface area contributed by atoms with Crippen molar-refractivity contribution in [1.29, 1.82) is 0 Å². The van der Waals surface area contributed by atoms with Crippen molar-refractivity contribution in [1.82, 2.24) is 4.90 Å². The molecule has 1 heterocycles. The molecule has 0 aromatic heterocycles. The molecule has 5 nitrogen and oxygen atoms in total. The van der Waals surface area contributed by atoms with Crippen LogP contribution >= 0.6 is 0 Å². The molecule has 2 aromatic rings. The van der Waals surface area contributed by atoms with E-state index in [0.29, 0.717) is 22.6 Å². The maximum atomic E-state index is 14.6. The summed E-state index contributed by atoms with van der Waals surface area (Å²) in [5.74, 6) is -0.305. The van der Waals surface area contributed by atoms with Crippen molar-refractivity contribution in [3.63, 3.8) is 0 Å².